The molecule has 1 aromatic heterocycles. The Kier molecular flexibility index (Phi) is 10.1. The van der Waals surface area contributed by atoms with E-state index in [1.54, 1.807) is 11.1 Å². The molecule has 1 spiro atoms. The summed E-state index contributed by atoms with van der Waals surface area (Å²) in [7, 11) is 0. The average Bonchev–Trinajstić information content (AvgIpc) is 2.90. The highest BCUT2D eigenvalue weighted by Crippen LogP contribution is 2.45. The maximum Gasteiger partial charge on any atom is 0.258 e. The molecule has 5 rings (SSSR count). The van der Waals surface area contributed by atoms with E-state index in [1.807, 2.05) is 27.7 Å². The van der Waals surface area contributed by atoms with Gasteiger partial charge in [-0.2, -0.15) is 0 Å². The van der Waals surface area contributed by atoms with Gasteiger partial charge in [0.25, 0.3) is 5.91 Å². The predicted octanol–water partition coefficient (Wildman–Crippen LogP) is 5.51. The van der Waals surface area contributed by atoms with Gasteiger partial charge in [0.05, 0.1) is 11.8 Å². The Labute approximate surface area is 250 Å². The largest absolute Gasteiger partial charge is 0.451 e. The first-order valence-electron chi connectivity index (χ1n) is 15.0. The van der Waals surface area contributed by atoms with Crippen molar-refractivity contribution in [2.75, 3.05) is 37.6 Å². The fourth-order valence-electron chi connectivity index (χ4n) is 6.88. The molecule has 1 amide bonds. The first-order chi connectivity index (χ1) is 19.1. The summed E-state index contributed by atoms with van der Waals surface area (Å²) in [6, 6.07) is 4.42. The standard InChI is InChI=1S/C31H45FN6O2.ClH/c1-21(2)38(22(3)4)30(39)26-15-24(32)7-10-27(26)40-28-16-34-20-35-29(28)37-18-31(19-37)11-13-36(14-12-31)17-23-5-8-25(33)9-6-23;/h7,10,15-16,20-23,25H,5-6,8-9,11-14,17-19,33H2,1-4H3;1H. The highest BCUT2D eigenvalue weighted by atomic mass is 35.5. The molecular formula is C31H46ClFN6O2. The zero-order valence-electron chi connectivity index (χ0n) is 24.9. The molecule has 3 fully saturated rings. The van der Waals surface area contributed by atoms with Crippen molar-refractivity contribution >= 4 is 24.1 Å². The molecule has 1 saturated carbocycles. The Hall–Kier alpha value is -2.49. The van der Waals surface area contributed by atoms with Gasteiger partial charge >= 0.3 is 0 Å². The molecule has 3 heterocycles. The number of likely N-dealkylation sites (tertiary alicyclic amines) is 1. The number of rotatable bonds is 8. The van der Waals surface area contributed by atoms with Crippen molar-refractivity contribution < 1.29 is 13.9 Å². The second-order valence-electron chi connectivity index (χ2n) is 12.8. The van der Waals surface area contributed by atoms with Crippen LogP contribution in [-0.4, -0.2) is 76.5 Å². The highest BCUT2D eigenvalue weighted by molar-refractivity contribution is 5.97. The topological polar surface area (TPSA) is 87.8 Å². The van der Waals surface area contributed by atoms with Gasteiger partial charge in [-0.1, -0.05) is 0 Å². The second-order valence-corrected chi connectivity index (χ2v) is 12.8. The average molecular weight is 589 g/mol. The van der Waals surface area contributed by atoms with Gasteiger partial charge in [-0.3, -0.25) is 4.79 Å². The number of carbonyl (C=O) groups excluding carboxylic acids is 1. The van der Waals surface area contributed by atoms with Gasteiger partial charge in [-0.25, -0.2) is 14.4 Å². The summed E-state index contributed by atoms with van der Waals surface area (Å²) in [5.74, 6) is 1.56. The van der Waals surface area contributed by atoms with Crippen molar-refractivity contribution in [1.82, 2.24) is 19.8 Å². The number of aromatic nitrogens is 2. The van der Waals surface area contributed by atoms with Crippen LogP contribution in [0.1, 0.15) is 76.6 Å². The Morgan fingerprint density at radius 2 is 1.76 bits per heavy atom. The summed E-state index contributed by atoms with van der Waals surface area (Å²) in [6.45, 7) is 13.2. The van der Waals surface area contributed by atoms with Gasteiger partial charge in [-0.05, 0) is 103 Å². The fourth-order valence-corrected chi connectivity index (χ4v) is 6.88. The maximum atomic E-state index is 14.3. The van der Waals surface area contributed by atoms with E-state index in [0.29, 0.717) is 28.8 Å². The molecule has 8 nitrogen and oxygen atoms in total. The molecule has 2 N–H and O–H groups in total. The molecule has 3 aliphatic rings. The second kappa shape index (κ2) is 13.2. The molecule has 226 valence electrons. The van der Waals surface area contributed by atoms with E-state index in [2.05, 4.69) is 19.8 Å². The minimum absolute atomic E-state index is 0. The first-order valence-corrected chi connectivity index (χ1v) is 15.0. The van der Waals surface area contributed by atoms with Crippen molar-refractivity contribution in [3.05, 3.63) is 42.1 Å². The van der Waals surface area contributed by atoms with Gasteiger partial charge in [0.15, 0.2) is 11.6 Å². The lowest BCUT2D eigenvalue weighted by Gasteiger charge is -2.54. The van der Waals surface area contributed by atoms with Crippen LogP contribution in [0.5, 0.6) is 11.5 Å². The minimum Gasteiger partial charge on any atom is -0.451 e. The number of nitrogens with two attached hydrogens (primary N) is 1. The minimum atomic E-state index is -0.476. The number of halogens is 2. The van der Waals surface area contributed by atoms with Crippen LogP contribution in [0, 0.1) is 17.2 Å². The Morgan fingerprint density at radius 3 is 2.39 bits per heavy atom. The van der Waals surface area contributed by atoms with Gasteiger partial charge in [0, 0.05) is 43.2 Å². The third-order valence-corrected chi connectivity index (χ3v) is 9.07. The van der Waals surface area contributed by atoms with Crippen LogP contribution >= 0.6 is 12.4 Å². The zero-order valence-corrected chi connectivity index (χ0v) is 25.7. The van der Waals surface area contributed by atoms with E-state index < -0.39 is 5.82 Å². The van der Waals surface area contributed by atoms with E-state index in [0.717, 1.165) is 32.1 Å². The van der Waals surface area contributed by atoms with E-state index in [9.17, 15) is 9.18 Å². The molecule has 2 aromatic rings. The molecule has 2 saturated heterocycles. The molecule has 0 atom stereocenters. The Morgan fingerprint density at radius 1 is 1.10 bits per heavy atom. The van der Waals surface area contributed by atoms with Crippen molar-refractivity contribution in [3.63, 3.8) is 0 Å². The predicted molar refractivity (Wildman–Crippen MR) is 162 cm³/mol. The van der Waals surface area contributed by atoms with Gasteiger partial charge < -0.3 is 25.2 Å². The number of benzene rings is 1. The van der Waals surface area contributed by atoms with Crippen LogP contribution in [0.25, 0.3) is 0 Å². The van der Waals surface area contributed by atoms with E-state index in [-0.39, 0.29) is 36.0 Å². The zero-order chi connectivity index (χ0) is 28.4. The van der Waals surface area contributed by atoms with Gasteiger partial charge in [0.1, 0.15) is 17.9 Å². The van der Waals surface area contributed by atoms with Crippen molar-refractivity contribution in [2.45, 2.75) is 84.3 Å². The van der Waals surface area contributed by atoms with Crippen molar-refractivity contribution in [2.24, 2.45) is 17.1 Å². The van der Waals surface area contributed by atoms with Crippen LogP contribution in [-0.2, 0) is 0 Å². The summed E-state index contributed by atoms with van der Waals surface area (Å²) < 4.78 is 20.6. The van der Waals surface area contributed by atoms with Crippen LogP contribution in [0.15, 0.2) is 30.7 Å². The summed E-state index contributed by atoms with van der Waals surface area (Å²) in [4.78, 5) is 28.9. The number of hydrogen-bond acceptors (Lipinski definition) is 7. The molecule has 10 heteroatoms. The Balaban J connectivity index is 0.00000387. The summed E-state index contributed by atoms with van der Waals surface area (Å²) in [5.41, 5.74) is 6.60. The number of piperidine rings is 1. The van der Waals surface area contributed by atoms with E-state index in [4.69, 9.17) is 10.5 Å². The lowest BCUT2D eigenvalue weighted by Crippen LogP contribution is -2.61. The number of anilines is 1. The summed E-state index contributed by atoms with van der Waals surface area (Å²) >= 11 is 0. The normalized spacial score (nSPS) is 22.4. The molecular weight excluding hydrogens is 543 g/mol. The molecule has 1 aromatic carbocycles. The number of hydrogen-bond donors (Lipinski definition) is 1. The third-order valence-electron chi connectivity index (χ3n) is 9.07. The van der Waals surface area contributed by atoms with Crippen molar-refractivity contribution in [3.8, 4) is 11.5 Å². The van der Waals surface area contributed by atoms with E-state index >= 15 is 0 Å². The van der Waals surface area contributed by atoms with E-state index in [1.165, 1.54) is 69.6 Å². The monoisotopic (exact) mass is 588 g/mol. The SMILES string of the molecule is CC(C)N(C(=O)c1cc(F)ccc1Oc1cncnc1N1CC2(CCN(CC3CCC(N)CC3)CC2)C1)C(C)C.Cl. The third kappa shape index (κ3) is 7.12. The maximum absolute atomic E-state index is 14.3. The van der Waals surface area contributed by atoms with Gasteiger partial charge in [0.2, 0.25) is 0 Å². The van der Waals surface area contributed by atoms with Crippen LogP contribution in [0.4, 0.5) is 10.2 Å². The molecule has 0 bridgehead atoms. The fraction of sp³-hybridized carbons (Fsp3) is 0.645. The number of amides is 1. The smallest absolute Gasteiger partial charge is 0.258 e. The highest BCUT2D eigenvalue weighted by Gasteiger charge is 2.46. The molecule has 0 radical (unpaired) electrons. The van der Waals surface area contributed by atoms with Crippen LogP contribution in [0.2, 0.25) is 0 Å². The van der Waals surface area contributed by atoms with Gasteiger partial charge in [-0.15, -0.1) is 12.4 Å². The lowest BCUT2D eigenvalue weighted by molar-refractivity contribution is 0.0620. The van der Waals surface area contributed by atoms with Crippen molar-refractivity contribution in [1.29, 1.82) is 0 Å². The number of carbonyl (C=O) groups is 1. The summed E-state index contributed by atoms with van der Waals surface area (Å²) in [6.07, 6.45) is 10.4. The first kappa shape index (κ1) is 31.4. The molecule has 1 aliphatic carbocycles. The quantitative estimate of drug-likeness (QED) is 0.435. The summed E-state index contributed by atoms with van der Waals surface area (Å²) in [5, 5.41) is 0. The van der Waals surface area contributed by atoms with Crippen LogP contribution in [0.3, 0.4) is 0 Å². The molecule has 41 heavy (non-hydrogen) atoms. The Bertz CT molecular complexity index is 1160. The lowest BCUT2D eigenvalue weighted by atomic mass is 9.71. The number of nitrogens with zero attached hydrogens (tertiary/aromatic N) is 5. The number of ether oxygens (including phenoxy) is 1. The molecule has 2 aliphatic heterocycles. The molecule has 0 unspecified atom stereocenters. The van der Waals surface area contributed by atoms with Crippen LogP contribution < -0.4 is 15.4 Å².